The third kappa shape index (κ3) is 3.52. The van der Waals surface area contributed by atoms with E-state index in [4.69, 9.17) is 5.26 Å². The van der Waals surface area contributed by atoms with Crippen LogP contribution in [0.4, 0.5) is 5.95 Å². The topological polar surface area (TPSA) is 61.6 Å². The van der Waals surface area contributed by atoms with Crippen LogP contribution in [0.3, 0.4) is 0 Å². The van der Waals surface area contributed by atoms with Gasteiger partial charge in [0.25, 0.3) is 0 Å². The summed E-state index contributed by atoms with van der Waals surface area (Å²) in [4.78, 5) is 8.14. The van der Waals surface area contributed by atoms with E-state index < -0.39 is 0 Å². The second kappa shape index (κ2) is 5.96. The fraction of sp³-hybridized carbons (Fsp3) is 0.267. The number of benzene rings is 1. The molecule has 0 bridgehead atoms. The van der Waals surface area contributed by atoms with E-state index in [9.17, 15) is 0 Å². The van der Waals surface area contributed by atoms with E-state index in [1.807, 2.05) is 0 Å². The Bertz CT molecular complexity index is 565. The first-order valence-corrected chi connectivity index (χ1v) is 6.25. The van der Waals surface area contributed by atoms with Crippen LogP contribution < -0.4 is 5.32 Å². The van der Waals surface area contributed by atoms with Crippen molar-refractivity contribution in [3.63, 3.8) is 0 Å². The summed E-state index contributed by atoms with van der Waals surface area (Å²) in [6, 6.07) is 8.43. The summed E-state index contributed by atoms with van der Waals surface area (Å²) >= 11 is 0. The SMILES string of the molecule is CC(C)Cc1ccc(-c2cnc(NC#N)nc2)cc1. The maximum absolute atomic E-state index is 8.47. The summed E-state index contributed by atoms with van der Waals surface area (Å²) in [5.74, 6) is 0.980. The van der Waals surface area contributed by atoms with Gasteiger partial charge in [-0.1, -0.05) is 38.1 Å². The van der Waals surface area contributed by atoms with Gasteiger partial charge in [-0.3, -0.25) is 5.32 Å². The van der Waals surface area contributed by atoms with Crippen LogP contribution in [-0.4, -0.2) is 9.97 Å². The number of aromatic nitrogens is 2. The zero-order chi connectivity index (χ0) is 13.7. The number of hydrogen-bond donors (Lipinski definition) is 1. The molecule has 0 saturated heterocycles. The minimum absolute atomic E-state index is 0.322. The molecule has 0 aliphatic rings. The molecule has 0 fully saturated rings. The molecule has 4 heteroatoms. The van der Waals surface area contributed by atoms with Crippen LogP contribution in [0.15, 0.2) is 36.7 Å². The van der Waals surface area contributed by atoms with E-state index in [2.05, 4.69) is 53.4 Å². The van der Waals surface area contributed by atoms with E-state index in [0.29, 0.717) is 11.9 Å². The van der Waals surface area contributed by atoms with Crippen molar-refractivity contribution in [3.8, 4) is 17.3 Å². The van der Waals surface area contributed by atoms with Gasteiger partial charge in [-0.05, 0) is 23.5 Å². The number of hydrogen-bond acceptors (Lipinski definition) is 4. The van der Waals surface area contributed by atoms with Crippen molar-refractivity contribution >= 4 is 5.95 Å². The molecule has 0 unspecified atom stereocenters. The molecule has 1 N–H and O–H groups in total. The highest BCUT2D eigenvalue weighted by atomic mass is 15.1. The van der Waals surface area contributed by atoms with Crippen LogP contribution in [0.25, 0.3) is 11.1 Å². The fourth-order valence-electron chi connectivity index (χ4n) is 1.90. The zero-order valence-corrected chi connectivity index (χ0v) is 11.1. The molecule has 0 spiro atoms. The van der Waals surface area contributed by atoms with Gasteiger partial charge >= 0.3 is 0 Å². The van der Waals surface area contributed by atoms with Gasteiger partial charge in [0, 0.05) is 18.0 Å². The van der Waals surface area contributed by atoms with Gasteiger partial charge < -0.3 is 0 Å². The summed E-state index contributed by atoms with van der Waals surface area (Å²) in [7, 11) is 0. The molecular formula is C15H16N4. The van der Waals surface area contributed by atoms with Gasteiger partial charge in [0.1, 0.15) is 0 Å². The minimum Gasteiger partial charge on any atom is -0.261 e. The van der Waals surface area contributed by atoms with E-state index >= 15 is 0 Å². The molecule has 0 aliphatic carbocycles. The van der Waals surface area contributed by atoms with Gasteiger partial charge in [0.05, 0.1) is 0 Å². The monoisotopic (exact) mass is 252 g/mol. The van der Waals surface area contributed by atoms with Crippen LogP contribution in [0, 0.1) is 17.4 Å². The van der Waals surface area contributed by atoms with E-state index in [-0.39, 0.29) is 0 Å². The van der Waals surface area contributed by atoms with Crippen molar-refractivity contribution in [2.45, 2.75) is 20.3 Å². The van der Waals surface area contributed by atoms with Crippen LogP contribution in [0.1, 0.15) is 19.4 Å². The molecule has 1 aromatic carbocycles. The van der Waals surface area contributed by atoms with Gasteiger partial charge in [-0.2, -0.15) is 5.26 Å². The second-order valence-electron chi connectivity index (χ2n) is 4.83. The molecule has 1 heterocycles. The summed E-state index contributed by atoms with van der Waals surface area (Å²) in [5, 5.41) is 10.9. The number of nitrogens with one attached hydrogen (secondary N) is 1. The Hall–Kier alpha value is -2.41. The van der Waals surface area contributed by atoms with Crippen molar-refractivity contribution in [1.82, 2.24) is 9.97 Å². The van der Waals surface area contributed by atoms with Crippen molar-refractivity contribution in [2.24, 2.45) is 5.92 Å². The molecular weight excluding hydrogens is 236 g/mol. The minimum atomic E-state index is 0.322. The van der Waals surface area contributed by atoms with Crippen molar-refractivity contribution in [1.29, 1.82) is 5.26 Å². The predicted molar refractivity (Wildman–Crippen MR) is 75.2 cm³/mol. The predicted octanol–water partition coefficient (Wildman–Crippen LogP) is 3.24. The molecule has 2 aromatic rings. The van der Waals surface area contributed by atoms with Gasteiger partial charge in [0.15, 0.2) is 6.19 Å². The third-order valence-electron chi connectivity index (χ3n) is 2.75. The normalized spacial score (nSPS) is 10.2. The largest absolute Gasteiger partial charge is 0.261 e. The molecule has 0 amide bonds. The van der Waals surface area contributed by atoms with Crippen molar-refractivity contribution < 1.29 is 0 Å². The average Bonchev–Trinajstić information content (AvgIpc) is 2.40. The van der Waals surface area contributed by atoms with Crippen LogP contribution in [0.2, 0.25) is 0 Å². The summed E-state index contributed by atoms with van der Waals surface area (Å²) in [5.41, 5.74) is 3.36. The van der Waals surface area contributed by atoms with Crippen LogP contribution in [-0.2, 0) is 6.42 Å². The van der Waals surface area contributed by atoms with E-state index in [1.54, 1.807) is 18.6 Å². The smallest absolute Gasteiger partial charge is 0.236 e. The quantitative estimate of drug-likeness (QED) is 0.670. The Kier molecular flexibility index (Phi) is 4.09. The summed E-state index contributed by atoms with van der Waals surface area (Å²) in [6.07, 6.45) is 6.30. The lowest BCUT2D eigenvalue weighted by atomic mass is 10.0. The number of nitriles is 1. The maximum Gasteiger partial charge on any atom is 0.236 e. The first-order valence-electron chi connectivity index (χ1n) is 6.25. The lowest BCUT2D eigenvalue weighted by Gasteiger charge is -2.06. The molecule has 2 rings (SSSR count). The molecule has 19 heavy (non-hydrogen) atoms. The molecule has 96 valence electrons. The molecule has 4 nitrogen and oxygen atoms in total. The Labute approximate surface area is 113 Å². The molecule has 0 atom stereocenters. The van der Waals surface area contributed by atoms with Gasteiger partial charge in [0.2, 0.25) is 5.95 Å². The Morgan fingerprint density at radius 3 is 2.26 bits per heavy atom. The first kappa shape index (κ1) is 13.0. The van der Waals surface area contributed by atoms with E-state index in [1.165, 1.54) is 5.56 Å². The zero-order valence-electron chi connectivity index (χ0n) is 11.1. The molecule has 0 radical (unpaired) electrons. The molecule has 1 aromatic heterocycles. The van der Waals surface area contributed by atoms with Crippen LogP contribution in [0.5, 0.6) is 0 Å². The fourth-order valence-corrected chi connectivity index (χ4v) is 1.90. The highest BCUT2D eigenvalue weighted by Crippen LogP contribution is 2.19. The lowest BCUT2D eigenvalue weighted by Crippen LogP contribution is -1.95. The third-order valence-corrected chi connectivity index (χ3v) is 2.75. The molecule has 0 aliphatic heterocycles. The number of anilines is 1. The van der Waals surface area contributed by atoms with E-state index in [0.717, 1.165) is 17.5 Å². The summed E-state index contributed by atoms with van der Waals surface area (Å²) in [6.45, 7) is 4.42. The van der Waals surface area contributed by atoms with Crippen molar-refractivity contribution in [3.05, 3.63) is 42.2 Å². The Balaban J connectivity index is 2.15. The summed E-state index contributed by atoms with van der Waals surface area (Å²) < 4.78 is 0. The highest BCUT2D eigenvalue weighted by Gasteiger charge is 2.02. The van der Waals surface area contributed by atoms with Crippen LogP contribution >= 0.6 is 0 Å². The maximum atomic E-state index is 8.47. The lowest BCUT2D eigenvalue weighted by molar-refractivity contribution is 0.647. The standard InChI is InChI=1S/C15H16N4/c1-11(2)7-12-3-5-13(6-4-12)14-8-17-15(18-9-14)19-10-16/h3-6,8-9,11H,7H2,1-2H3,(H,17,18,19). The highest BCUT2D eigenvalue weighted by molar-refractivity contribution is 5.62. The van der Waals surface area contributed by atoms with Gasteiger partial charge in [-0.15, -0.1) is 0 Å². The number of nitrogens with zero attached hydrogens (tertiary/aromatic N) is 3. The average molecular weight is 252 g/mol. The van der Waals surface area contributed by atoms with Crippen molar-refractivity contribution in [2.75, 3.05) is 5.32 Å². The second-order valence-corrected chi connectivity index (χ2v) is 4.83. The van der Waals surface area contributed by atoms with Gasteiger partial charge in [-0.25, -0.2) is 9.97 Å². The first-order chi connectivity index (χ1) is 9.19. The Morgan fingerprint density at radius 1 is 1.11 bits per heavy atom. The molecule has 0 saturated carbocycles. The number of rotatable bonds is 4. The Morgan fingerprint density at radius 2 is 1.74 bits per heavy atom.